The Morgan fingerprint density at radius 2 is 2.09 bits per heavy atom. The maximum atomic E-state index is 13.2. The lowest BCUT2D eigenvalue weighted by molar-refractivity contribution is -0.149. The van der Waals surface area contributed by atoms with Gasteiger partial charge < -0.3 is 15.2 Å². The van der Waals surface area contributed by atoms with Gasteiger partial charge in [-0.1, -0.05) is 0 Å². The summed E-state index contributed by atoms with van der Waals surface area (Å²) >= 11 is 0. The molecule has 1 unspecified atom stereocenters. The fraction of sp³-hybridized carbons (Fsp3) is 0.333. The van der Waals surface area contributed by atoms with Gasteiger partial charge in [0.2, 0.25) is 0 Å². The molecule has 3 N–H and O–H groups in total. The number of rotatable bonds is 3. The molecule has 3 aromatic rings. The Labute approximate surface area is 186 Å². The highest BCUT2D eigenvalue weighted by molar-refractivity contribution is 6.05. The molecule has 1 fully saturated rings. The summed E-state index contributed by atoms with van der Waals surface area (Å²) < 4.78 is 38.6. The summed E-state index contributed by atoms with van der Waals surface area (Å²) in [7, 11) is 0. The number of anilines is 3. The van der Waals surface area contributed by atoms with E-state index in [1.54, 1.807) is 24.5 Å². The number of nitrogens with zero attached hydrogens (tertiary/aromatic N) is 4. The Hall–Kier alpha value is -3.83. The lowest BCUT2D eigenvalue weighted by Gasteiger charge is -2.35. The first-order valence-electron chi connectivity index (χ1n) is 10.4. The molecule has 5 heterocycles. The van der Waals surface area contributed by atoms with E-state index >= 15 is 0 Å². The van der Waals surface area contributed by atoms with Crippen molar-refractivity contribution in [1.82, 2.24) is 20.3 Å². The van der Waals surface area contributed by atoms with Crippen molar-refractivity contribution in [3.8, 4) is 0 Å². The van der Waals surface area contributed by atoms with Crippen molar-refractivity contribution in [2.45, 2.75) is 31.6 Å². The molecule has 0 spiro atoms. The number of alkyl halides is 3. The Balaban J connectivity index is 1.43. The number of nitrogens with one attached hydrogen (secondary N) is 3. The Morgan fingerprint density at radius 3 is 2.88 bits per heavy atom. The summed E-state index contributed by atoms with van der Waals surface area (Å²) in [5.74, 6) is -0.381. The molecule has 9 nitrogen and oxygen atoms in total. The largest absolute Gasteiger partial charge is 0.408 e. The second-order valence-corrected chi connectivity index (χ2v) is 8.10. The molecule has 0 saturated carbocycles. The van der Waals surface area contributed by atoms with Crippen LogP contribution in [-0.2, 0) is 0 Å². The first-order chi connectivity index (χ1) is 15.7. The number of aromatic nitrogens is 3. The van der Waals surface area contributed by atoms with Gasteiger partial charge in [0, 0.05) is 24.7 Å². The molecule has 12 heteroatoms. The molecule has 2 atom stereocenters. The second kappa shape index (κ2) is 7.64. The van der Waals surface area contributed by atoms with Crippen LogP contribution in [0.3, 0.4) is 0 Å². The summed E-state index contributed by atoms with van der Waals surface area (Å²) in [4.78, 5) is 40.7. The van der Waals surface area contributed by atoms with Gasteiger partial charge in [0.25, 0.3) is 5.91 Å². The molecule has 0 aromatic carbocycles. The highest BCUT2D eigenvalue weighted by Crippen LogP contribution is 2.39. The van der Waals surface area contributed by atoms with Crippen LogP contribution in [0.25, 0.3) is 10.9 Å². The van der Waals surface area contributed by atoms with Crippen molar-refractivity contribution in [2.75, 3.05) is 28.2 Å². The van der Waals surface area contributed by atoms with Gasteiger partial charge >= 0.3 is 12.2 Å². The summed E-state index contributed by atoms with van der Waals surface area (Å²) in [5, 5.41) is 5.56. The monoisotopic (exact) mass is 459 g/mol. The number of aromatic amines is 1. The van der Waals surface area contributed by atoms with Crippen molar-refractivity contribution in [2.24, 2.45) is 0 Å². The Morgan fingerprint density at radius 1 is 1.27 bits per heavy atom. The fourth-order valence-electron chi connectivity index (χ4n) is 4.14. The average Bonchev–Trinajstić information content (AvgIpc) is 3.40. The zero-order chi connectivity index (χ0) is 23.3. The third-order valence-corrected chi connectivity index (χ3v) is 5.91. The maximum absolute atomic E-state index is 13.2. The summed E-state index contributed by atoms with van der Waals surface area (Å²) in [5.41, 5.74) is 1.28. The van der Waals surface area contributed by atoms with Crippen molar-refractivity contribution in [3.63, 3.8) is 0 Å². The first kappa shape index (κ1) is 21.0. The molecule has 33 heavy (non-hydrogen) atoms. The van der Waals surface area contributed by atoms with Crippen LogP contribution < -0.4 is 20.4 Å². The second-order valence-electron chi connectivity index (χ2n) is 8.10. The van der Waals surface area contributed by atoms with Crippen molar-refractivity contribution >= 4 is 40.2 Å². The number of fused-ring (bicyclic) bond motifs is 5. The van der Waals surface area contributed by atoms with Crippen LogP contribution in [0.5, 0.6) is 0 Å². The lowest BCUT2D eigenvalue weighted by atomic mass is 10.1. The summed E-state index contributed by atoms with van der Waals surface area (Å²) in [6.45, 7) is 2.16. The third kappa shape index (κ3) is 3.81. The molecule has 0 aliphatic carbocycles. The van der Waals surface area contributed by atoms with Crippen molar-refractivity contribution in [3.05, 3.63) is 42.4 Å². The number of carbonyl (C=O) groups is 2. The van der Waals surface area contributed by atoms with E-state index in [9.17, 15) is 22.8 Å². The summed E-state index contributed by atoms with van der Waals surface area (Å²) in [6.07, 6.45) is -0.508. The minimum atomic E-state index is -4.58. The predicted octanol–water partition coefficient (Wildman–Crippen LogP) is 3.27. The van der Waals surface area contributed by atoms with Gasteiger partial charge in [-0.15, -0.1) is 0 Å². The number of hydrogen-bond donors (Lipinski definition) is 3. The van der Waals surface area contributed by atoms with E-state index in [2.05, 4.69) is 20.3 Å². The number of urea groups is 1. The van der Waals surface area contributed by atoms with Crippen molar-refractivity contribution in [1.29, 1.82) is 0 Å². The number of pyridine rings is 2. The Kier molecular flexibility index (Phi) is 4.87. The van der Waals surface area contributed by atoms with Crippen LogP contribution >= 0.6 is 0 Å². The molecule has 2 bridgehead atoms. The van der Waals surface area contributed by atoms with E-state index in [1.807, 2.05) is 16.3 Å². The minimum Gasteiger partial charge on any atom is -0.366 e. The standard InChI is InChI=1S/C21H20F3N7O2/c1-11(21(22,23)24)27-19(32)14-2-3-16-18(28-14)31(13-5-7-30(16)10-13)20(33)29-17-8-12-4-6-25-15(12)9-26-17/h2-4,6,8-9,11,13,25H,5,7,10H2,1H3,(H,27,32)(H,26,29,33)/t11?,13-/m0/s1. The lowest BCUT2D eigenvalue weighted by Crippen LogP contribution is -2.49. The van der Waals surface area contributed by atoms with Gasteiger partial charge in [0.05, 0.1) is 23.4 Å². The maximum Gasteiger partial charge on any atom is 0.408 e. The quantitative estimate of drug-likeness (QED) is 0.558. The number of amides is 3. The van der Waals surface area contributed by atoms with E-state index in [0.29, 0.717) is 31.0 Å². The third-order valence-electron chi connectivity index (χ3n) is 5.91. The van der Waals surface area contributed by atoms with Gasteiger partial charge in [0.15, 0.2) is 5.82 Å². The van der Waals surface area contributed by atoms with Crippen LogP contribution in [0.1, 0.15) is 23.8 Å². The van der Waals surface area contributed by atoms with Crippen LogP contribution in [0.2, 0.25) is 0 Å². The van der Waals surface area contributed by atoms with Crippen molar-refractivity contribution < 1.29 is 22.8 Å². The van der Waals surface area contributed by atoms with Gasteiger partial charge in [-0.25, -0.2) is 14.8 Å². The van der Waals surface area contributed by atoms with Gasteiger partial charge in [-0.3, -0.25) is 15.0 Å². The molecule has 2 aliphatic rings. The smallest absolute Gasteiger partial charge is 0.366 e. The number of carbonyl (C=O) groups excluding carboxylic acids is 2. The van der Waals surface area contributed by atoms with Crippen LogP contribution in [0, 0.1) is 0 Å². The first-order valence-corrected chi connectivity index (χ1v) is 10.4. The number of H-pyrrole nitrogens is 1. The van der Waals surface area contributed by atoms with Crippen LogP contribution in [0.15, 0.2) is 36.7 Å². The molecule has 3 amide bonds. The SMILES string of the molecule is CC(NC(=O)c1ccc2c(n1)N(C(=O)Nc1cc3cc[nH]c3cn1)[C@H]1CCN2C1)C(F)(F)F. The normalized spacial score (nSPS) is 18.2. The molecule has 3 aromatic heterocycles. The van der Waals surface area contributed by atoms with Gasteiger partial charge in [-0.2, -0.15) is 13.2 Å². The average molecular weight is 459 g/mol. The fourth-order valence-corrected chi connectivity index (χ4v) is 4.14. The summed E-state index contributed by atoms with van der Waals surface area (Å²) in [6, 6.07) is 3.87. The van der Waals surface area contributed by atoms with E-state index in [4.69, 9.17) is 0 Å². The molecular formula is C21H20F3N7O2. The zero-order valence-electron chi connectivity index (χ0n) is 17.5. The molecule has 5 rings (SSSR count). The van der Waals surface area contributed by atoms with Gasteiger partial charge in [-0.05, 0) is 37.6 Å². The van der Waals surface area contributed by atoms with Crippen LogP contribution in [0.4, 0.5) is 35.3 Å². The molecule has 2 aliphatic heterocycles. The van der Waals surface area contributed by atoms with E-state index in [0.717, 1.165) is 17.8 Å². The van der Waals surface area contributed by atoms with Gasteiger partial charge in [0.1, 0.15) is 17.6 Å². The van der Waals surface area contributed by atoms with E-state index in [-0.39, 0.29) is 17.6 Å². The Bertz CT molecular complexity index is 1240. The molecule has 0 radical (unpaired) electrons. The highest BCUT2D eigenvalue weighted by atomic mass is 19.4. The number of halogens is 3. The predicted molar refractivity (Wildman–Crippen MR) is 115 cm³/mol. The van der Waals surface area contributed by atoms with E-state index < -0.39 is 24.2 Å². The number of hydrogen-bond acceptors (Lipinski definition) is 5. The van der Waals surface area contributed by atoms with Crippen LogP contribution in [-0.4, -0.2) is 58.2 Å². The molecular weight excluding hydrogens is 439 g/mol. The molecule has 1 saturated heterocycles. The highest BCUT2D eigenvalue weighted by Gasteiger charge is 2.41. The minimum absolute atomic E-state index is 0.187. The topological polar surface area (TPSA) is 106 Å². The molecule has 172 valence electrons. The van der Waals surface area contributed by atoms with E-state index in [1.165, 1.54) is 11.0 Å². The zero-order valence-corrected chi connectivity index (χ0v) is 17.5.